The van der Waals surface area contributed by atoms with Crippen molar-refractivity contribution >= 4 is 23.2 Å². The van der Waals surface area contributed by atoms with Gasteiger partial charge in [-0.25, -0.2) is 0 Å². The third-order valence-corrected chi connectivity index (χ3v) is 6.19. The molecule has 2 heterocycles. The molecule has 0 N–H and O–H groups in total. The molecule has 1 aliphatic heterocycles. The Morgan fingerprint density at radius 2 is 2.13 bits per heavy atom. The van der Waals surface area contributed by atoms with Crippen molar-refractivity contribution in [1.29, 1.82) is 0 Å². The van der Waals surface area contributed by atoms with Gasteiger partial charge in [-0.15, -0.1) is 17.9 Å². The Morgan fingerprint density at radius 3 is 2.87 bits per heavy atom. The van der Waals surface area contributed by atoms with Gasteiger partial charge in [0.15, 0.2) is 0 Å². The van der Waals surface area contributed by atoms with Crippen molar-refractivity contribution in [3.8, 4) is 11.5 Å². The Labute approximate surface area is 181 Å². The van der Waals surface area contributed by atoms with Gasteiger partial charge in [0.25, 0.3) is 0 Å². The standard InChI is InChI=1S/C23H28N2O4S/c1-4-11-24(22(26)5-2)15-23(27)25-12-9-21-19(10-13-30-21)20(25)16-29-18-8-6-7-17(14-18)28-3/h4,6-8,10,13-14,20H,1,5,9,11-12,15-16H2,2-3H3/t20-/m1/s1. The van der Waals surface area contributed by atoms with E-state index >= 15 is 0 Å². The van der Waals surface area contributed by atoms with Gasteiger partial charge in [0.1, 0.15) is 24.7 Å². The number of benzene rings is 1. The maximum atomic E-state index is 13.2. The Kier molecular flexibility index (Phi) is 7.52. The van der Waals surface area contributed by atoms with Crippen LogP contribution in [-0.2, 0) is 16.0 Å². The quantitative estimate of drug-likeness (QED) is 0.572. The number of amides is 2. The second-order valence-corrected chi connectivity index (χ2v) is 8.06. The molecule has 0 spiro atoms. The van der Waals surface area contributed by atoms with Crippen molar-refractivity contribution in [2.24, 2.45) is 0 Å². The van der Waals surface area contributed by atoms with E-state index in [9.17, 15) is 9.59 Å². The zero-order chi connectivity index (χ0) is 21.5. The van der Waals surface area contributed by atoms with Crippen LogP contribution in [0.5, 0.6) is 11.5 Å². The predicted molar refractivity (Wildman–Crippen MR) is 118 cm³/mol. The fourth-order valence-corrected chi connectivity index (χ4v) is 4.56. The molecule has 0 saturated carbocycles. The highest BCUT2D eigenvalue weighted by Crippen LogP contribution is 2.34. The molecule has 1 aromatic heterocycles. The fraction of sp³-hybridized carbons (Fsp3) is 0.391. The smallest absolute Gasteiger partial charge is 0.242 e. The molecule has 0 bridgehead atoms. The molecule has 3 rings (SSSR count). The first-order chi connectivity index (χ1) is 14.6. The summed E-state index contributed by atoms with van der Waals surface area (Å²) in [7, 11) is 1.62. The number of hydrogen-bond donors (Lipinski definition) is 0. The third kappa shape index (κ3) is 5.02. The average Bonchev–Trinajstić information content (AvgIpc) is 3.25. The van der Waals surface area contributed by atoms with Gasteiger partial charge in [0.05, 0.1) is 13.2 Å². The number of rotatable bonds is 9. The molecule has 6 nitrogen and oxygen atoms in total. The number of ether oxygens (including phenoxy) is 2. The van der Waals surface area contributed by atoms with Crippen LogP contribution in [0.25, 0.3) is 0 Å². The van der Waals surface area contributed by atoms with E-state index in [1.807, 2.05) is 29.2 Å². The van der Waals surface area contributed by atoms with E-state index in [0.29, 0.717) is 31.9 Å². The minimum Gasteiger partial charge on any atom is -0.497 e. The average molecular weight is 429 g/mol. The lowest BCUT2D eigenvalue weighted by Gasteiger charge is -2.37. The summed E-state index contributed by atoms with van der Waals surface area (Å²) < 4.78 is 11.3. The second-order valence-electron chi connectivity index (χ2n) is 7.06. The summed E-state index contributed by atoms with van der Waals surface area (Å²) in [6.45, 7) is 6.86. The van der Waals surface area contributed by atoms with Crippen LogP contribution >= 0.6 is 11.3 Å². The van der Waals surface area contributed by atoms with Gasteiger partial charge in [0, 0.05) is 30.5 Å². The molecule has 0 aliphatic carbocycles. The van der Waals surface area contributed by atoms with Crippen molar-refractivity contribution in [2.45, 2.75) is 25.8 Å². The van der Waals surface area contributed by atoms with Crippen LogP contribution in [0.1, 0.15) is 29.8 Å². The molecule has 0 saturated heterocycles. The SMILES string of the molecule is C=CCN(CC(=O)N1CCc2sccc2[C@H]1COc1cccc(OC)c1)C(=O)CC. The largest absolute Gasteiger partial charge is 0.497 e. The Hall–Kier alpha value is -2.80. The molecule has 1 atom stereocenters. The van der Waals surface area contributed by atoms with Crippen LogP contribution in [0, 0.1) is 0 Å². The monoisotopic (exact) mass is 428 g/mol. The summed E-state index contributed by atoms with van der Waals surface area (Å²) in [5.41, 5.74) is 1.12. The first kappa shape index (κ1) is 21.9. The maximum absolute atomic E-state index is 13.2. The van der Waals surface area contributed by atoms with Crippen LogP contribution in [0.15, 0.2) is 48.4 Å². The van der Waals surface area contributed by atoms with Crippen LogP contribution in [-0.4, -0.2) is 55.0 Å². The van der Waals surface area contributed by atoms with Gasteiger partial charge in [-0.1, -0.05) is 19.1 Å². The summed E-state index contributed by atoms with van der Waals surface area (Å²) >= 11 is 1.71. The van der Waals surface area contributed by atoms with Crippen LogP contribution in [0.3, 0.4) is 0 Å². The van der Waals surface area contributed by atoms with E-state index in [1.54, 1.807) is 36.3 Å². The van der Waals surface area contributed by atoms with Crippen molar-refractivity contribution in [3.63, 3.8) is 0 Å². The van der Waals surface area contributed by atoms with Gasteiger partial charge >= 0.3 is 0 Å². The van der Waals surface area contributed by atoms with E-state index < -0.39 is 0 Å². The highest BCUT2D eigenvalue weighted by atomic mass is 32.1. The first-order valence-electron chi connectivity index (χ1n) is 10.1. The summed E-state index contributed by atoms with van der Waals surface area (Å²) in [6.07, 6.45) is 2.83. The van der Waals surface area contributed by atoms with E-state index in [1.165, 1.54) is 4.88 Å². The minimum absolute atomic E-state index is 0.0494. The molecule has 30 heavy (non-hydrogen) atoms. The van der Waals surface area contributed by atoms with Crippen LogP contribution in [0.4, 0.5) is 0 Å². The molecular formula is C23H28N2O4S. The molecule has 1 aromatic carbocycles. The van der Waals surface area contributed by atoms with Crippen molar-refractivity contribution in [3.05, 3.63) is 58.8 Å². The first-order valence-corrected chi connectivity index (χ1v) is 11.0. The lowest BCUT2D eigenvalue weighted by atomic mass is 10.0. The zero-order valence-corrected chi connectivity index (χ0v) is 18.3. The molecular weight excluding hydrogens is 400 g/mol. The van der Waals surface area contributed by atoms with Crippen LogP contribution in [0.2, 0.25) is 0 Å². The van der Waals surface area contributed by atoms with Gasteiger partial charge in [-0.3, -0.25) is 9.59 Å². The lowest BCUT2D eigenvalue weighted by Crippen LogP contribution is -2.47. The van der Waals surface area contributed by atoms with Gasteiger partial charge < -0.3 is 19.3 Å². The minimum atomic E-state index is -0.194. The summed E-state index contributed by atoms with van der Waals surface area (Å²) in [5, 5.41) is 2.06. The predicted octanol–water partition coefficient (Wildman–Crippen LogP) is 3.69. The Bertz CT molecular complexity index is 895. The second kappa shape index (κ2) is 10.3. The van der Waals surface area contributed by atoms with E-state index in [2.05, 4.69) is 18.0 Å². The van der Waals surface area contributed by atoms with Crippen molar-refractivity contribution < 1.29 is 19.1 Å². The number of nitrogens with zero attached hydrogens (tertiary/aromatic N) is 2. The van der Waals surface area contributed by atoms with Crippen molar-refractivity contribution in [2.75, 3.05) is 33.4 Å². The fourth-order valence-electron chi connectivity index (χ4n) is 3.63. The van der Waals surface area contributed by atoms with Gasteiger partial charge in [-0.2, -0.15) is 0 Å². The zero-order valence-electron chi connectivity index (χ0n) is 17.5. The highest BCUT2D eigenvalue weighted by molar-refractivity contribution is 7.10. The summed E-state index contributed by atoms with van der Waals surface area (Å²) in [4.78, 5) is 30.1. The Balaban J connectivity index is 1.77. The lowest BCUT2D eigenvalue weighted by molar-refractivity contribution is -0.142. The number of fused-ring (bicyclic) bond motifs is 1. The highest BCUT2D eigenvalue weighted by Gasteiger charge is 2.33. The van der Waals surface area contributed by atoms with Crippen molar-refractivity contribution in [1.82, 2.24) is 9.80 Å². The maximum Gasteiger partial charge on any atom is 0.242 e. The van der Waals surface area contributed by atoms with E-state index in [4.69, 9.17) is 9.47 Å². The molecule has 0 fully saturated rings. The summed E-state index contributed by atoms with van der Waals surface area (Å²) in [5.74, 6) is 1.28. The van der Waals surface area contributed by atoms with E-state index in [0.717, 1.165) is 17.7 Å². The number of thiophene rings is 1. The molecule has 160 valence electrons. The topological polar surface area (TPSA) is 59.1 Å². The van der Waals surface area contributed by atoms with Gasteiger partial charge in [0.2, 0.25) is 11.8 Å². The normalized spacial score (nSPS) is 15.3. The van der Waals surface area contributed by atoms with E-state index in [-0.39, 0.29) is 24.4 Å². The number of hydrogen-bond acceptors (Lipinski definition) is 5. The number of carbonyl (C=O) groups excluding carboxylic acids is 2. The van der Waals surface area contributed by atoms with Gasteiger partial charge in [-0.05, 0) is 35.6 Å². The molecule has 0 unspecified atom stereocenters. The van der Waals surface area contributed by atoms with Crippen LogP contribution < -0.4 is 9.47 Å². The molecule has 0 radical (unpaired) electrons. The molecule has 7 heteroatoms. The summed E-state index contributed by atoms with van der Waals surface area (Å²) in [6, 6.07) is 9.31. The third-order valence-electron chi connectivity index (χ3n) is 5.20. The number of methoxy groups -OCH3 is 1. The Morgan fingerprint density at radius 1 is 1.33 bits per heavy atom. The molecule has 2 amide bonds. The number of carbonyl (C=O) groups is 2. The molecule has 2 aromatic rings. The molecule has 1 aliphatic rings.